The monoisotopic (exact) mass is 365 g/mol. The normalized spacial score (nSPS) is 11.2. The second-order valence-electron chi connectivity index (χ2n) is 6.20. The Morgan fingerprint density at radius 2 is 2.08 bits per heavy atom. The van der Waals surface area contributed by atoms with Gasteiger partial charge in [0, 0.05) is 37.8 Å². The van der Waals surface area contributed by atoms with Crippen molar-refractivity contribution >= 4 is 11.6 Å². The Kier molecular flexibility index (Phi) is 8.25. The zero-order valence-electron chi connectivity index (χ0n) is 15.3. The standard InChI is InChI=1S/C19H28ClN3O2/c1-4-5-9-23(2)14-16-13-21-22-19(16)15-7-8-18(17(20)12-15)25-11-6-10-24-3/h7-8,12-13H,4-6,9-11,14H2,1-3H3,(H,21,22). The van der Waals surface area contributed by atoms with Gasteiger partial charge in [-0.05, 0) is 38.2 Å². The Morgan fingerprint density at radius 3 is 2.80 bits per heavy atom. The van der Waals surface area contributed by atoms with Crippen molar-refractivity contribution in [3.05, 3.63) is 35.0 Å². The lowest BCUT2D eigenvalue weighted by Gasteiger charge is -2.16. The number of halogens is 1. The summed E-state index contributed by atoms with van der Waals surface area (Å²) >= 11 is 6.38. The van der Waals surface area contributed by atoms with Gasteiger partial charge in [0.2, 0.25) is 0 Å². The average Bonchev–Trinajstić information content (AvgIpc) is 3.06. The highest BCUT2D eigenvalue weighted by molar-refractivity contribution is 6.32. The highest BCUT2D eigenvalue weighted by atomic mass is 35.5. The fourth-order valence-electron chi connectivity index (χ4n) is 2.64. The Hall–Kier alpha value is -1.56. The Labute approximate surface area is 155 Å². The van der Waals surface area contributed by atoms with Gasteiger partial charge in [-0.3, -0.25) is 5.10 Å². The molecule has 0 aliphatic rings. The van der Waals surface area contributed by atoms with E-state index in [1.54, 1.807) is 7.11 Å². The minimum atomic E-state index is 0.588. The molecule has 2 rings (SSSR count). The minimum Gasteiger partial charge on any atom is -0.492 e. The number of H-pyrrole nitrogens is 1. The van der Waals surface area contributed by atoms with E-state index in [0.717, 1.165) is 30.8 Å². The molecule has 0 saturated heterocycles. The number of rotatable bonds is 11. The molecule has 0 saturated carbocycles. The van der Waals surface area contributed by atoms with Gasteiger partial charge in [0.25, 0.3) is 0 Å². The Morgan fingerprint density at radius 1 is 1.24 bits per heavy atom. The van der Waals surface area contributed by atoms with Crippen molar-refractivity contribution in [2.24, 2.45) is 0 Å². The summed E-state index contributed by atoms with van der Waals surface area (Å²) < 4.78 is 10.7. The third-order valence-corrected chi connectivity index (χ3v) is 4.32. The number of nitrogens with zero attached hydrogens (tertiary/aromatic N) is 2. The zero-order valence-corrected chi connectivity index (χ0v) is 16.1. The average molecular weight is 366 g/mol. The number of methoxy groups -OCH3 is 1. The molecule has 0 atom stereocenters. The number of hydrogen-bond acceptors (Lipinski definition) is 4. The fraction of sp³-hybridized carbons (Fsp3) is 0.526. The predicted octanol–water partition coefficient (Wildman–Crippen LogP) is 4.38. The number of aromatic nitrogens is 2. The molecule has 0 bridgehead atoms. The Balaban J connectivity index is 2.04. The van der Waals surface area contributed by atoms with Crippen LogP contribution in [0.3, 0.4) is 0 Å². The summed E-state index contributed by atoms with van der Waals surface area (Å²) in [4.78, 5) is 2.31. The highest BCUT2D eigenvalue weighted by Crippen LogP contribution is 2.31. The molecule has 0 unspecified atom stereocenters. The van der Waals surface area contributed by atoms with Crippen LogP contribution >= 0.6 is 11.6 Å². The van der Waals surface area contributed by atoms with Crippen LogP contribution in [-0.2, 0) is 11.3 Å². The summed E-state index contributed by atoms with van der Waals surface area (Å²) in [5, 5.41) is 7.92. The van der Waals surface area contributed by atoms with E-state index in [0.29, 0.717) is 24.0 Å². The van der Waals surface area contributed by atoms with Gasteiger partial charge in [0.15, 0.2) is 0 Å². The maximum atomic E-state index is 6.38. The zero-order chi connectivity index (χ0) is 18.1. The van der Waals surface area contributed by atoms with Gasteiger partial charge in [-0.15, -0.1) is 0 Å². The van der Waals surface area contributed by atoms with E-state index in [-0.39, 0.29) is 0 Å². The van der Waals surface area contributed by atoms with Crippen molar-refractivity contribution in [2.45, 2.75) is 32.7 Å². The summed E-state index contributed by atoms with van der Waals surface area (Å²) in [5.41, 5.74) is 3.20. The van der Waals surface area contributed by atoms with Crippen LogP contribution in [0.5, 0.6) is 5.75 Å². The Bertz CT molecular complexity index is 645. The summed E-state index contributed by atoms with van der Waals surface area (Å²) in [6, 6.07) is 5.85. The van der Waals surface area contributed by atoms with Gasteiger partial charge in [-0.1, -0.05) is 24.9 Å². The molecule has 25 heavy (non-hydrogen) atoms. The molecule has 6 heteroatoms. The summed E-state index contributed by atoms with van der Waals surface area (Å²) in [7, 11) is 3.82. The topological polar surface area (TPSA) is 50.4 Å². The molecule has 0 aliphatic carbocycles. The van der Waals surface area contributed by atoms with Crippen LogP contribution in [0.25, 0.3) is 11.3 Å². The lowest BCUT2D eigenvalue weighted by molar-refractivity contribution is 0.172. The second-order valence-corrected chi connectivity index (χ2v) is 6.61. The smallest absolute Gasteiger partial charge is 0.137 e. The van der Waals surface area contributed by atoms with Gasteiger partial charge in [0.1, 0.15) is 5.75 Å². The summed E-state index contributed by atoms with van der Waals surface area (Å²) in [6.45, 7) is 5.41. The maximum Gasteiger partial charge on any atom is 0.137 e. The first-order valence-corrected chi connectivity index (χ1v) is 9.16. The van der Waals surface area contributed by atoms with Crippen molar-refractivity contribution in [1.29, 1.82) is 0 Å². The fourth-order valence-corrected chi connectivity index (χ4v) is 2.87. The molecule has 5 nitrogen and oxygen atoms in total. The van der Waals surface area contributed by atoms with Gasteiger partial charge < -0.3 is 14.4 Å². The lowest BCUT2D eigenvalue weighted by atomic mass is 10.1. The lowest BCUT2D eigenvalue weighted by Crippen LogP contribution is -2.19. The van der Waals surface area contributed by atoms with Gasteiger partial charge in [-0.2, -0.15) is 5.10 Å². The van der Waals surface area contributed by atoms with Crippen LogP contribution < -0.4 is 4.74 Å². The van der Waals surface area contributed by atoms with Crippen molar-refractivity contribution in [3.8, 4) is 17.0 Å². The van der Waals surface area contributed by atoms with Crippen LogP contribution in [0.15, 0.2) is 24.4 Å². The number of aromatic amines is 1. The molecule has 1 heterocycles. The number of hydrogen-bond donors (Lipinski definition) is 1. The first-order valence-electron chi connectivity index (χ1n) is 8.78. The van der Waals surface area contributed by atoms with E-state index in [1.165, 1.54) is 18.4 Å². The number of nitrogens with one attached hydrogen (secondary N) is 1. The third kappa shape index (κ3) is 6.03. The first kappa shape index (κ1) is 19.8. The van der Waals surface area contributed by atoms with Gasteiger partial charge >= 0.3 is 0 Å². The highest BCUT2D eigenvalue weighted by Gasteiger charge is 2.12. The van der Waals surface area contributed by atoms with E-state index in [9.17, 15) is 0 Å². The minimum absolute atomic E-state index is 0.588. The van der Waals surface area contributed by atoms with E-state index < -0.39 is 0 Å². The van der Waals surface area contributed by atoms with E-state index in [4.69, 9.17) is 21.1 Å². The summed E-state index contributed by atoms with van der Waals surface area (Å²) in [5.74, 6) is 0.697. The van der Waals surface area contributed by atoms with Gasteiger partial charge in [0.05, 0.1) is 23.5 Å². The number of ether oxygens (including phenoxy) is 2. The molecule has 1 aromatic heterocycles. The van der Waals surface area contributed by atoms with Crippen LogP contribution in [0, 0.1) is 0 Å². The maximum absolute atomic E-state index is 6.38. The van der Waals surface area contributed by atoms with E-state index in [1.807, 2.05) is 24.4 Å². The largest absolute Gasteiger partial charge is 0.492 e. The quantitative estimate of drug-likeness (QED) is 0.600. The van der Waals surface area contributed by atoms with Crippen LogP contribution in [0.4, 0.5) is 0 Å². The van der Waals surface area contributed by atoms with Crippen LogP contribution in [-0.4, -0.2) is 49.0 Å². The summed E-state index contributed by atoms with van der Waals surface area (Å²) in [6.07, 6.45) is 5.12. The second kappa shape index (κ2) is 10.4. The molecule has 0 aliphatic heterocycles. The van der Waals surface area contributed by atoms with Crippen molar-refractivity contribution in [1.82, 2.24) is 15.1 Å². The molecule has 1 N–H and O–H groups in total. The molecule has 138 valence electrons. The molecular formula is C19H28ClN3O2. The first-order chi connectivity index (χ1) is 12.2. The van der Waals surface area contributed by atoms with Crippen molar-refractivity contribution < 1.29 is 9.47 Å². The SMILES string of the molecule is CCCCN(C)Cc1cn[nH]c1-c1ccc(OCCCOC)c(Cl)c1. The molecule has 0 fully saturated rings. The third-order valence-electron chi connectivity index (χ3n) is 4.02. The molecule has 2 aromatic rings. The van der Waals surface area contributed by atoms with E-state index >= 15 is 0 Å². The van der Waals surface area contributed by atoms with Crippen LogP contribution in [0.2, 0.25) is 5.02 Å². The molecule has 0 radical (unpaired) electrons. The van der Waals surface area contributed by atoms with Crippen molar-refractivity contribution in [2.75, 3.05) is 33.9 Å². The van der Waals surface area contributed by atoms with E-state index in [2.05, 4.69) is 29.1 Å². The van der Waals surface area contributed by atoms with Crippen molar-refractivity contribution in [3.63, 3.8) is 0 Å². The molecule has 1 aromatic carbocycles. The molecule has 0 amide bonds. The predicted molar refractivity (Wildman–Crippen MR) is 102 cm³/mol. The molecule has 0 spiro atoms. The molecular weight excluding hydrogens is 338 g/mol. The van der Waals surface area contributed by atoms with Crippen LogP contribution in [0.1, 0.15) is 31.7 Å². The number of benzene rings is 1. The van der Waals surface area contributed by atoms with Gasteiger partial charge in [-0.25, -0.2) is 0 Å². The number of unbranched alkanes of at least 4 members (excludes halogenated alkanes) is 1.